The van der Waals surface area contributed by atoms with E-state index in [4.69, 9.17) is 0 Å². The lowest BCUT2D eigenvalue weighted by Gasteiger charge is -2.18. The molecule has 1 amide bonds. The van der Waals surface area contributed by atoms with E-state index in [9.17, 15) is 19.7 Å². The van der Waals surface area contributed by atoms with Crippen LogP contribution in [0.3, 0.4) is 0 Å². The zero-order valence-corrected chi connectivity index (χ0v) is 16.8. The maximum Gasteiger partial charge on any atom is 0.269 e. The number of nitro benzene ring substituents is 1. The van der Waals surface area contributed by atoms with E-state index >= 15 is 0 Å². The number of nitro groups is 1. The van der Waals surface area contributed by atoms with Gasteiger partial charge in [0, 0.05) is 23.9 Å². The average molecular weight is 412 g/mol. The van der Waals surface area contributed by atoms with E-state index in [0.717, 1.165) is 6.42 Å². The van der Waals surface area contributed by atoms with E-state index in [1.165, 1.54) is 36.0 Å². The largest absolute Gasteiger partial charge is 0.325 e. The maximum atomic E-state index is 12.9. The lowest BCUT2D eigenvalue weighted by molar-refractivity contribution is -0.384. The molecular formula is C20H20N4O4S. The number of fused-ring (bicyclic) bond motifs is 1. The Labute approximate surface area is 171 Å². The third-order valence-corrected chi connectivity index (χ3v) is 5.45. The minimum Gasteiger partial charge on any atom is -0.325 e. The van der Waals surface area contributed by atoms with Gasteiger partial charge in [-0.05, 0) is 37.6 Å². The minimum atomic E-state index is -0.499. The molecule has 0 radical (unpaired) electrons. The molecule has 1 heterocycles. The molecular weight excluding hydrogens is 392 g/mol. The predicted molar refractivity (Wildman–Crippen MR) is 113 cm³/mol. The van der Waals surface area contributed by atoms with Crippen molar-refractivity contribution in [1.82, 2.24) is 9.55 Å². The normalized spacial score (nSPS) is 11.9. The van der Waals surface area contributed by atoms with Crippen LogP contribution < -0.4 is 10.9 Å². The standard InChI is InChI=1S/C20H20N4O4S/c1-3-13(2)23-19(26)16-6-4-5-7-17(16)22-20(23)29-12-18(25)21-14-8-10-15(11-9-14)24(27)28/h4-11,13H,3,12H2,1-2H3,(H,21,25)/t13-/m1/s1. The molecule has 0 saturated carbocycles. The number of anilines is 1. The van der Waals surface area contributed by atoms with Gasteiger partial charge in [-0.2, -0.15) is 0 Å². The Morgan fingerprint density at radius 1 is 1.24 bits per heavy atom. The molecule has 0 aliphatic heterocycles. The van der Waals surface area contributed by atoms with Gasteiger partial charge in [-0.15, -0.1) is 0 Å². The van der Waals surface area contributed by atoms with Crippen molar-refractivity contribution in [3.8, 4) is 0 Å². The van der Waals surface area contributed by atoms with E-state index in [-0.39, 0.29) is 28.9 Å². The van der Waals surface area contributed by atoms with Crippen molar-refractivity contribution >= 4 is 39.9 Å². The third-order valence-electron chi connectivity index (χ3n) is 4.50. The van der Waals surface area contributed by atoms with Crippen LogP contribution in [0.1, 0.15) is 26.3 Å². The van der Waals surface area contributed by atoms with Crippen LogP contribution in [-0.2, 0) is 4.79 Å². The van der Waals surface area contributed by atoms with Crippen molar-refractivity contribution in [2.75, 3.05) is 11.1 Å². The number of para-hydroxylation sites is 1. The molecule has 29 heavy (non-hydrogen) atoms. The van der Waals surface area contributed by atoms with Crippen LogP contribution in [0, 0.1) is 10.1 Å². The number of aromatic nitrogens is 2. The lowest BCUT2D eigenvalue weighted by atomic mass is 10.2. The molecule has 8 nitrogen and oxygen atoms in total. The van der Waals surface area contributed by atoms with Crippen LogP contribution in [0.2, 0.25) is 0 Å². The first-order chi connectivity index (χ1) is 13.9. The number of nitrogens with one attached hydrogen (secondary N) is 1. The topological polar surface area (TPSA) is 107 Å². The van der Waals surface area contributed by atoms with Crippen molar-refractivity contribution < 1.29 is 9.72 Å². The molecule has 3 aromatic rings. The first-order valence-electron chi connectivity index (χ1n) is 9.09. The highest BCUT2D eigenvalue weighted by Gasteiger charge is 2.16. The number of carbonyl (C=O) groups is 1. The van der Waals surface area contributed by atoms with Crippen molar-refractivity contribution in [2.24, 2.45) is 0 Å². The summed E-state index contributed by atoms with van der Waals surface area (Å²) in [7, 11) is 0. The number of nitrogens with zero attached hydrogens (tertiary/aromatic N) is 3. The monoisotopic (exact) mass is 412 g/mol. The van der Waals surface area contributed by atoms with Crippen molar-refractivity contribution in [2.45, 2.75) is 31.5 Å². The van der Waals surface area contributed by atoms with Crippen LogP contribution in [0.15, 0.2) is 58.5 Å². The van der Waals surface area contributed by atoms with Crippen LogP contribution in [0.25, 0.3) is 10.9 Å². The Bertz CT molecular complexity index is 1110. The zero-order valence-electron chi connectivity index (χ0n) is 16.0. The summed E-state index contributed by atoms with van der Waals surface area (Å²) in [5, 5.41) is 14.4. The number of thioether (sulfide) groups is 1. The van der Waals surface area contributed by atoms with Gasteiger partial charge in [0.25, 0.3) is 11.2 Å². The van der Waals surface area contributed by atoms with Gasteiger partial charge in [-0.3, -0.25) is 24.3 Å². The van der Waals surface area contributed by atoms with Crippen molar-refractivity contribution in [1.29, 1.82) is 0 Å². The van der Waals surface area contributed by atoms with E-state index in [1.807, 2.05) is 19.9 Å². The van der Waals surface area contributed by atoms with Gasteiger partial charge >= 0.3 is 0 Å². The molecule has 0 spiro atoms. The number of amides is 1. The Morgan fingerprint density at radius 2 is 1.93 bits per heavy atom. The lowest BCUT2D eigenvalue weighted by Crippen LogP contribution is -2.26. The highest BCUT2D eigenvalue weighted by atomic mass is 32.2. The summed E-state index contributed by atoms with van der Waals surface area (Å²) in [6, 6.07) is 12.7. The molecule has 0 bridgehead atoms. The first kappa shape index (κ1) is 20.5. The van der Waals surface area contributed by atoms with Gasteiger partial charge < -0.3 is 5.32 Å². The SMILES string of the molecule is CC[C@@H](C)n1c(SCC(=O)Nc2ccc([N+](=O)[O-])cc2)nc2ccccc2c1=O. The summed E-state index contributed by atoms with van der Waals surface area (Å²) in [6.07, 6.45) is 0.752. The number of benzene rings is 2. The molecule has 0 unspecified atom stereocenters. The Hall–Kier alpha value is -3.20. The van der Waals surface area contributed by atoms with Crippen LogP contribution >= 0.6 is 11.8 Å². The molecule has 3 rings (SSSR count). The Morgan fingerprint density at radius 3 is 2.59 bits per heavy atom. The summed E-state index contributed by atoms with van der Waals surface area (Å²) in [6.45, 7) is 3.93. The molecule has 1 aromatic heterocycles. The second-order valence-electron chi connectivity index (χ2n) is 6.48. The zero-order chi connectivity index (χ0) is 21.0. The summed E-state index contributed by atoms with van der Waals surface area (Å²) in [5.74, 6) is -0.236. The molecule has 9 heteroatoms. The van der Waals surface area contributed by atoms with E-state index in [0.29, 0.717) is 21.7 Å². The highest BCUT2D eigenvalue weighted by molar-refractivity contribution is 7.99. The summed E-state index contributed by atoms with van der Waals surface area (Å²) in [4.78, 5) is 40.0. The van der Waals surface area contributed by atoms with Gasteiger partial charge in [-0.1, -0.05) is 30.8 Å². The Balaban J connectivity index is 1.79. The molecule has 1 N–H and O–H groups in total. The van der Waals surface area contributed by atoms with Crippen LogP contribution in [0.5, 0.6) is 0 Å². The fourth-order valence-corrected chi connectivity index (χ4v) is 3.69. The van der Waals surface area contributed by atoms with Gasteiger partial charge in [0.15, 0.2) is 5.16 Å². The number of carbonyl (C=O) groups excluding carboxylic acids is 1. The number of hydrogen-bond acceptors (Lipinski definition) is 6. The number of hydrogen-bond donors (Lipinski definition) is 1. The second-order valence-corrected chi connectivity index (χ2v) is 7.43. The quantitative estimate of drug-likeness (QED) is 0.272. The smallest absolute Gasteiger partial charge is 0.269 e. The molecule has 0 aliphatic rings. The molecule has 0 aliphatic carbocycles. The predicted octanol–water partition coefficient (Wildman–Crippen LogP) is 4.01. The van der Waals surface area contributed by atoms with Gasteiger partial charge in [0.1, 0.15) is 0 Å². The summed E-state index contributed by atoms with van der Waals surface area (Å²) < 4.78 is 1.63. The summed E-state index contributed by atoms with van der Waals surface area (Å²) >= 11 is 1.19. The fourth-order valence-electron chi connectivity index (χ4n) is 2.79. The second kappa shape index (κ2) is 8.87. The van der Waals surface area contributed by atoms with Crippen LogP contribution in [0.4, 0.5) is 11.4 Å². The van der Waals surface area contributed by atoms with Crippen molar-refractivity contribution in [3.63, 3.8) is 0 Å². The van der Waals surface area contributed by atoms with Crippen molar-refractivity contribution in [3.05, 3.63) is 69.0 Å². The molecule has 150 valence electrons. The fraction of sp³-hybridized carbons (Fsp3) is 0.250. The van der Waals surface area contributed by atoms with Crippen LogP contribution in [-0.4, -0.2) is 26.1 Å². The number of rotatable bonds is 7. The maximum absolute atomic E-state index is 12.9. The minimum absolute atomic E-state index is 0.0460. The number of non-ortho nitro benzene ring substituents is 1. The molecule has 1 atom stereocenters. The Kier molecular flexibility index (Phi) is 6.28. The van der Waals surface area contributed by atoms with Gasteiger partial charge in [-0.25, -0.2) is 4.98 Å². The molecule has 0 saturated heterocycles. The molecule has 0 fully saturated rings. The average Bonchev–Trinajstić information content (AvgIpc) is 2.72. The van der Waals surface area contributed by atoms with E-state index in [1.54, 1.807) is 22.8 Å². The molecule has 2 aromatic carbocycles. The van der Waals surface area contributed by atoms with E-state index < -0.39 is 4.92 Å². The third kappa shape index (κ3) is 4.62. The highest BCUT2D eigenvalue weighted by Crippen LogP contribution is 2.23. The first-order valence-corrected chi connectivity index (χ1v) is 10.1. The van der Waals surface area contributed by atoms with Gasteiger partial charge in [0.2, 0.25) is 5.91 Å². The van der Waals surface area contributed by atoms with E-state index in [2.05, 4.69) is 10.3 Å². The van der Waals surface area contributed by atoms with Gasteiger partial charge in [0.05, 0.1) is 21.6 Å². The summed E-state index contributed by atoms with van der Waals surface area (Å²) in [5.41, 5.74) is 0.890.